The van der Waals surface area contributed by atoms with E-state index in [4.69, 9.17) is 0 Å². The lowest BCUT2D eigenvalue weighted by Gasteiger charge is -2.12. The fraction of sp³-hybridized carbons (Fsp3) is 0.188. The number of ether oxygens (including phenoxy) is 1. The predicted octanol–water partition coefficient (Wildman–Crippen LogP) is 4.75. The minimum atomic E-state index is -4.71. The van der Waals surface area contributed by atoms with Gasteiger partial charge in [-0.1, -0.05) is 19.1 Å². The number of benzene rings is 2. The zero-order valence-electron chi connectivity index (χ0n) is 12.0. The van der Waals surface area contributed by atoms with Crippen molar-refractivity contribution in [2.45, 2.75) is 19.2 Å². The van der Waals surface area contributed by atoms with Crippen molar-refractivity contribution in [3.63, 3.8) is 0 Å². The van der Waals surface area contributed by atoms with Crippen LogP contribution >= 0.6 is 0 Å². The van der Waals surface area contributed by atoms with Crippen LogP contribution in [0.25, 0.3) is 11.0 Å². The molecule has 3 aromatic rings. The molecule has 3 rings (SSSR count). The Morgan fingerprint density at radius 3 is 2.43 bits per heavy atom. The molecule has 0 radical (unpaired) electrons. The first kappa shape index (κ1) is 15.3. The third-order valence-electron chi connectivity index (χ3n) is 3.49. The van der Waals surface area contributed by atoms with Crippen molar-refractivity contribution in [1.82, 2.24) is 9.97 Å². The minimum Gasteiger partial charge on any atom is -0.406 e. The van der Waals surface area contributed by atoms with Crippen LogP contribution in [-0.4, -0.2) is 16.3 Å². The molecule has 2 aromatic carbocycles. The molecule has 120 valence electrons. The van der Waals surface area contributed by atoms with Crippen molar-refractivity contribution in [3.8, 4) is 5.75 Å². The minimum absolute atomic E-state index is 0.189. The first-order valence-corrected chi connectivity index (χ1v) is 6.83. The average Bonchev–Trinajstić information content (AvgIpc) is 2.88. The van der Waals surface area contributed by atoms with Gasteiger partial charge in [-0.25, -0.2) is 9.37 Å². The second kappa shape index (κ2) is 5.57. The molecule has 0 bridgehead atoms. The Labute approximate surface area is 128 Å². The molecule has 7 heteroatoms. The number of halogens is 4. The summed E-state index contributed by atoms with van der Waals surface area (Å²) in [7, 11) is 0. The number of nitrogens with zero attached hydrogens (tertiary/aromatic N) is 1. The molecule has 1 atom stereocenters. The van der Waals surface area contributed by atoms with Crippen molar-refractivity contribution >= 4 is 11.0 Å². The third kappa shape index (κ3) is 3.44. The number of aromatic amines is 1. The van der Waals surface area contributed by atoms with Gasteiger partial charge in [-0.15, -0.1) is 13.2 Å². The lowest BCUT2D eigenvalue weighted by atomic mass is 10.0. The smallest absolute Gasteiger partial charge is 0.406 e. The Hall–Kier alpha value is -2.57. The van der Waals surface area contributed by atoms with E-state index in [2.05, 4.69) is 14.7 Å². The van der Waals surface area contributed by atoms with Gasteiger partial charge in [0.2, 0.25) is 0 Å². The monoisotopic (exact) mass is 324 g/mol. The molecule has 23 heavy (non-hydrogen) atoms. The van der Waals surface area contributed by atoms with Crippen LogP contribution in [0.15, 0.2) is 42.5 Å². The quantitative estimate of drug-likeness (QED) is 0.706. The highest BCUT2D eigenvalue weighted by molar-refractivity contribution is 5.75. The first-order chi connectivity index (χ1) is 10.8. The van der Waals surface area contributed by atoms with Crippen LogP contribution in [0.1, 0.15) is 24.2 Å². The summed E-state index contributed by atoms with van der Waals surface area (Å²) in [6, 6.07) is 9.82. The summed E-state index contributed by atoms with van der Waals surface area (Å²) in [5.41, 5.74) is 1.97. The maximum absolute atomic E-state index is 13.2. The topological polar surface area (TPSA) is 37.9 Å². The highest BCUT2D eigenvalue weighted by atomic mass is 19.4. The van der Waals surface area contributed by atoms with Gasteiger partial charge in [0.1, 0.15) is 17.4 Å². The number of H-pyrrole nitrogens is 1. The van der Waals surface area contributed by atoms with Crippen molar-refractivity contribution in [3.05, 3.63) is 59.7 Å². The maximum Gasteiger partial charge on any atom is 0.573 e. The molecule has 0 aliphatic heterocycles. The van der Waals surface area contributed by atoms with E-state index in [-0.39, 0.29) is 17.5 Å². The molecule has 1 aromatic heterocycles. The van der Waals surface area contributed by atoms with Gasteiger partial charge in [-0.05, 0) is 35.9 Å². The maximum atomic E-state index is 13.2. The molecule has 0 saturated carbocycles. The Kier molecular flexibility index (Phi) is 3.71. The number of rotatable bonds is 3. The normalized spacial score (nSPS) is 13.3. The zero-order valence-corrected chi connectivity index (χ0v) is 12.0. The number of nitrogens with one attached hydrogen (secondary N) is 1. The standard InChI is InChI=1S/C16H12F4N2O/c1-9(10-2-5-12(6-3-10)23-16(18,19)20)15-21-13-7-4-11(17)8-14(13)22-15/h2-9H,1H3,(H,21,22). The van der Waals surface area contributed by atoms with Gasteiger partial charge in [-0.3, -0.25) is 0 Å². The van der Waals surface area contributed by atoms with E-state index >= 15 is 0 Å². The van der Waals surface area contributed by atoms with E-state index in [0.29, 0.717) is 16.9 Å². The summed E-state index contributed by atoms with van der Waals surface area (Å²) in [5, 5.41) is 0. The molecule has 1 unspecified atom stereocenters. The number of hydrogen-bond donors (Lipinski definition) is 1. The zero-order chi connectivity index (χ0) is 16.6. The summed E-state index contributed by atoms with van der Waals surface area (Å²) >= 11 is 0. The van der Waals surface area contributed by atoms with Gasteiger partial charge >= 0.3 is 6.36 Å². The van der Waals surface area contributed by atoms with Crippen LogP contribution < -0.4 is 4.74 Å². The van der Waals surface area contributed by atoms with Crippen molar-refractivity contribution in [2.75, 3.05) is 0 Å². The van der Waals surface area contributed by atoms with Gasteiger partial charge < -0.3 is 9.72 Å². The molecule has 0 amide bonds. The van der Waals surface area contributed by atoms with E-state index in [0.717, 1.165) is 5.56 Å². The summed E-state index contributed by atoms with van der Waals surface area (Å²) in [6.07, 6.45) is -4.71. The Balaban J connectivity index is 1.85. The van der Waals surface area contributed by atoms with E-state index in [9.17, 15) is 17.6 Å². The van der Waals surface area contributed by atoms with E-state index in [1.165, 1.54) is 24.3 Å². The molecule has 0 aliphatic rings. The summed E-state index contributed by atoms with van der Waals surface area (Å²) in [6.45, 7) is 1.85. The van der Waals surface area contributed by atoms with Crippen molar-refractivity contribution in [2.24, 2.45) is 0 Å². The summed E-state index contributed by atoms with van der Waals surface area (Å²) < 4.78 is 53.5. The lowest BCUT2D eigenvalue weighted by Crippen LogP contribution is -2.17. The highest BCUT2D eigenvalue weighted by Crippen LogP contribution is 2.28. The summed E-state index contributed by atoms with van der Waals surface area (Å²) in [5.74, 6) is -0.227. The van der Waals surface area contributed by atoms with Crippen molar-refractivity contribution in [1.29, 1.82) is 0 Å². The Bertz CT molecular complexity index is 824. The van der Waals surface area contributed by atoms with Crippen LogP contribution in [-0.2, 0) is 0 Å². The van der Waals surface area contributed by atoms with Crippen molar-refractivity contribution < 1.29 is 22.3 Å². The van der Waals surface area contributed by atoms with E-state index in [1.807, 2.05) is 6.92 Å². The first-order valence-electron chi connectivity index (χ1n) is 6.83. The summed E-state index contributed by atoms with van der Waals surface area (Å²) in [4.78, 5) is 7.40. The molecule has 0 saturated heterocycles. The van der Waals surface area contributed by atoms with Gasteiger partial charge in [-0.2, -0.15) is 0 Å². The molecule has 1 N–H and O–H groups in total. The van der Waals surface area contributed by atoms with E-state index in [1.54, 1.807) is 18.2 Å². The van der Waals surface area contributed by atoms with Gasteiger partial charge in [0.15, 0.2) is 0 Å². The van der Waals surface area contributed by atoms with Gasteiger partial charge in [0, 0.05) is 5.92 Å². The number of hydrogen-bond acceptors (Lipinski definition) is 2. The molecular weight excluding hydrogens is 312 g/mol. The SMILES string of the molecule is CC(c1ccc(OC(F)(F)F)cc1)c1nc2ccc(F)cc2[nH]1. The Morgan fingerprint density at radius 1 is 1.09 bits per heavy atom. The van der Waals surface area contributed by atoms with Gasteiger partial charge in [0.05, 0.1) is 11.0 Å². The van der Waals surface area contributed by atoms with Gasteiger partial charge in [0.25, 0.3) is 0 Å². The van der Waals surface area contributed by atoms with Crippen LogP contribution in [0.3, 0.4) is 0 Å². The molecule has 0 aliphatic carbocycles. The fourth-order valence-electron chi connectivity index (χ4n) is 2.32. The third-order valence-corrected chi connectivity index (χ3v) is 3.49. The number of fused-ring (bicyclic) bond motifs is 1. The fourth-order valence-corrected chi connectivity index (χ4v) is 2.32. The lowest BCUT2D eigenvalue weighted by molar-refractivity contribution is -0.274. The number of aromatic nitrogens is 2. The molecule has 0 fully saturated rings. The molecule has 1 heterocycles. The molecular formula is C16H12F4N2O. The average molecular weight is 324 g/mol. The van der Waals surface area contributed by atoms with Crippen LogP contribution in [0.4, 0.5) is 17.6 Å². The highest BCUT2D eigenvalue weighted by Gasteiger charge is 2.31. The van der Waals surface area contributed by atoms with Crippen LogP contribution in [0.5, 0.6) is 5.75 Å². The second-order valence-corrected chi connectivity index (χ2v) is 5.12. The predicted molar refractivity (Wildman–Crippen MR) is 76.7 cm³/mol. The Morgan fingerprint density at radius 2 is 1.78 bits per heavy atom. The molecule has 0 spiro atoms. The van der Waals surface area contributed by atoms with Crippen LogP contribution in [0, 0.1) is 5.82 Å². The molecule has 3 nitrogen and oxygen atoms in total. The van der Waals surface area contributed by atoms with E-state index < -0.39 is 6.36 Å². The number of alkyl halides is 3. The van der Waals surface area contributed by atoms with Crippen LogP contribution in [0.2, 0.25) is 0 Å². The largest absolute Gasteiger partial charge is 0.573 e. The number of imidazole rings is 1. The second-order valence-electron chi connectivity index (χ2n) is 5.12.